The van der Waals surface area contributed by atoms with Gasteiger partial charge in [0.05, 0.1) is 0 Å². The summed E-state index contributed by atoms with van der Waals surface area (Å²) in [4.78, 5) is 0. The minimum atomic E-state index is -0.807. The van der Waals surface area contributed by atoms with Gasteiger partial charge in [0.2, 0.25) is 0 Å². The zero-order valence-corrected chi connectivity index (χ0v) is 8.43. The summed E-state index contributed by atoms with van der Waals surface area (Å²) in [6.07, 6.45) is 0.376. The zero-order chi connectivity index (χ0) is 10.7. The Morgan fingerprint density at radius 2 is 1.93 bits per heavy atom. The van der Waals surface area contributed by atoms with Crippen LogP contribution in [0, 0.1) is 17.6 Å². The molecule has 0 aliphatic heterocycles. The minimum absolute atomic E-state index is 0.133. The second kappa shape index (κ2) is 4.51. The molecular weight excluding hydrogens is 184 g/mol. The normalized spacial score (nSPS) is 13.3. The molecule has 1 unspecified atom stereocenters. The topological polar surface area (TPSA) is 26.0 Å². The Labute approximate surface area is 82.9 Å². The highest BCUT2D eigenvalue weighted by Gasteiger charge is 2.13. The lowest BCUT2D eigenvalue weighted by Gasteiger charge is -2.15. The van der Waals surface area contributed by atoms with E-state index in [1.165, 1.54) is 6.07 Å². The Morgan fingerprint density at radius 1 is 1.29 bits per heavy atom. The average Bonchev–Trinajstić information content (AvgIpc) is 2.12. The third-order valence-electron chi connectivity index (χ3n) is 2.34. The van der Waals surface area contributed by atoms with Gasteiger partial charge in [-0.05, 0) is 24.0 Å². The molecule has 0 radical (unpaired) electrons. The van der Waals surface area contributed by atoms with Crippen LogP contribution in [-0.2, 0) is 6.42 Å². The summed E-state index contributed by atoms with van der Waals surface area (Å²) in [5.41, 5.74) is 6.13. The van der Waals surface area contributed by atoms with E-state index in [0.29, 0.717) is 12.0 Å². The minimum Gasteiger partial charge on any atom is -0.327 e. The fourth-order valence-electron chi connectivity index (χ4n) is 1.20. The van der Waals surface area contributed by atoms with Gasteiger partial charge < -0.3 is 5.73 Å². The van der Waals surface area contributed by atoms with E-state index in [9.17, 15) is 8.78 Å². The van der Waals surface area contributed by atoms with Crippen molar-refractivity contribution in [1.29, 1.82) is 0 Å². The van der Waals surface area contributed by atoms with Crippen molar-refractivity contribution in [3.8, 4) is 0 Å². The lowest BCUT2D eigenvalue weighted by atomic mass is 9.97. The molecule has 0 heterocycles. The first-order valence-electron chi connectivity index (χ1n) is 4.71. The molecule has 78 valence electrons. The second-order valence-electron chi connectivity index (χ2n) is 3.82. The van der Waals surface area contributed by atoms with Crippen LogP contribution < -0.4 is 5.73 Å². The molecule has 0 saturated carbocycles. The smallest absolute Gasteiger partial charge is 0.162 e. The predicted octanol–water partition coefficient (Wildman–Crippen LogP) is 2.49. The van der Waals surface area contributed by atoms with Crippen molar-refractivity contribution in [2.24, 2.45) is 11.7 Å². The monoisotopic (exact) mass is 199 g/mol. The predicted molar refractivity (Wildman–Crippen MR) is 52.9 cm³/mol. The number of rotatable bonds is 3. The Hall–Kier alpha value is -0.960. The van der Waals surface area contributed by atoms with Crippen LogP contribution in [0.3, 0.4) is 0 Å². The quantitative estimate of drug-likeness (QED) is 0.795. The largest absolute Gasteiger partial charge is 0.327 e. The Morgan fingerprint density at radius 3 is 2.50 bits per heavy atom. The third kappa shape index (κ3) is 2.51. The van der Waals surface area contributed by atoms with Gasteiger partial charge in [0.1, 0.15) is 0 Å². The molecule has 1 atom stereocenters. The molecule has 0 aliphatic carbocycles. The first kappa shape index (κ1) is 11.1. The summed E-state index contributed by atoms with van der Waals surface area (Å²) in [5, 5.41) is 0. The first-order chi connectivity index (χ1) is 6.52. The number of nitrogens with two attached hydrogens (primary N) is 1. The van der Waals surface area contributed by atoms with Crippen LogP contribution in [0.4, 0.5) is 8.78 Å². The van der Waals surface area contributed by atoms with Gasteiger partial charge in [-0.3, -0.25) is 0 Å². The number of halogens is 2. The van der Waals surface area contributed by atoms with Crippen LogP contribution in [0.15, 0.2) is 18.2 Å². The van der Waals surface area contributed by atoms with Gasteiger partial charge in [-0.1, -0.05) is 26.0 Å². The highest BCUT2D eigenvalue weighted by molar-refractivity contribution is 5.20. The van der Waals surface area contributed by atoms with E-state index in [2.05, 4.69) is 0 Å². The molecule has 0 spiro atoms. The summed E-state index contributed by atoms with van der Waals surface area (Å²) < 4.78 is 26.0. The molecule has 0 amide bonds. The zero-order valence-electron chi connectivity index (χ0n) is 8.43. The highest BCUT2D eigenvalue weighted by Crippen LogP contribution is 2.14. The Balaban J connectivity index is 2.82. The van der Waals surface area contributed by atoms with E-state index in [-0.39, 0.29) is 12.0 Å². The lowest BCUT2D eigenvalue weighted by molar-refractivity contribution is 0.461. The highest BCUT2D eigenvalue weighted by atomic mass is 19.2. The Bertz CT molecular complexity index is 310. The SMILES string of the molecule is CC(C)C(N)Cc1cccc(F)c1F. The standard InChI is InChI=1S/C11H15F2N/c1-7(2)10(14)6-8-4-3-5-9(12)11(8)13/h3-5,7,10H,6,14H2,1-2H3. The molecule has 0 aromatic heterocycles. The van der Waals surface area contributed by atoms with Gasteiger partial charge in [-0.25, -0.2) is 8.78 Å². The molecular formula is C11H15F2N. The van der Waals surface area contributed by atoms with Crippen LogP contribution in [0.5, 0.6) is 0 Å². The van der Waals surface area contributed by atoms with Crippen molar-refractivity contribution in [2.45, 2.75) is 26.3 Å². The number of benzene rings is 1. The molecule has 1 nitrogen and oxygen atoms in total. The molecule has 0 fully saturated rings. The van der Waals surface area contributed by atoms with Gasteiger partial charge in [0.25, 0.3) is 0 Å². The fourth-order valence-corrected chi connectivity index (χ4v) is 1.20. The maximum atomic E-state index is 13.2. The van der Waals surface area contributed by atoms with Crippen LogP contribution in [0.25, 0.3) is 0 Å². The van der Waals surface area contributed by atoms with E-state index in [1.807, 2.05) is 13.8 Å². The summed E-state index contributed by atoms with van der Waals surface area (Å²) in [6.45, 7) is 3.92. The average molecular weight is 199 g/mol. The van der Waals surface area contributed by atoms with Crippen LogP contribution in [0.2, 0.25) is 0 Å². The van der Waals surface area contributed by atoms with Crippen molar-refractivity contribution in [2.75, 3.05) is 0 Å². The third-order valence-corrected chi connectivity index (χ3v) is 2.34. The van der Waals surface area contributed by atoms with Crippen molar-refractivity contribution in [3.63, 3.8) is 0 Å². The van der Waals surface area contributed by atoms with E-state index < -0.39 is 11.6 Å². The summed E-state index contributed by atoms with van der Waals surface area (Å²) in [7, 11) is 0. The lowest BCUT2D eigenvalue weighted by Crippen LogP contribution is -2.29. The van der Waals surface area contributed by atoms with Crippen LogP contribution in [0.1, 0.15) is 19.4 Å². The van der Waals surface area contributed by atoms with Gasteiger partial charge in [0.15, 0.2) is 11.6 Å². The van der Waals surface area contributed by atoms with E-state index in [1.54, 1.807) is 6.07 Å². The molecule has 1 rings (SSSR count). The summed E-state index contributed by atoms with van der Waals surface area (Å²) in [5.74, 6) is -1.32. The molecule has 2 N–H and O–H groups in total. The maximum absolute atomic E-state index is 13.2. The number of hydrogen-bond acceptors (Lipinski definition) is 1. The van der Waals surface area contributed by atoms with Gasteiger partial charge in [-0.15, -0.1) is 0 Å². The van der Waals surface area contributed by atoms with Crippen molar-refractivity contribution in [3.05, 3.63) is 35.4 Å². The molecule has 14 heavy (non-hydrogen) atoms. The van der Waals surface area contributed by atoms with E-state index in [4.69, 9.17) is 5.73 Å². The van der Waals surface area contributed by atoms with Gasteiger partial charge in [0, 0.05) is 6.04 Å². The molecule has 0 saturated heterocycles. The summed E-state index contributed by atoms with van der Waals surface area (Å²) in [6, 6.07) is 4.05. The molecule has 0 aliphatic rings. The van der Waals surface area contributed by atoms with E-state index >= 15 is 0 Å². The van der Waals surface area contributed by atoms with Crippen molar-refractivity contribution < 1.29 is 8.78 Å². The van der Waals surface area contributed by atoms with E-state index in [0.717, 1.165) is 6.07 Å². The van der Waals surface area contributed by atoms with Crippen LogP contribution in [-0.4, -0.2) is 6.04 Å². The van der Waals surface area contributed by atoms with Crippen molar-refractivity contribution in [1.82, 2.24) is 0 Å². The maximum Gasteiger partial charge on any atom is 0.162 e. The Kier molecular flexibility index (Phi) is 3.58. The fraction of sp³-hybridized carbons (Fsp3) is 0.455. The summed E-state index contributed by atoms with van der Waals surface area (Å²) >= 11 is 0. The molecule has 3 heteroatoms. The van der Waals surface area contributed by atoms with Crippen molar-refractivity contribution >= 4 is 0 Å². The van der Waals surface area contributed by atoms with Gasteiger partial charge >= 0.3 is 0 Å². The van der Waals surface area contributed by atoms with Crippen LogP contribution >= 0.6 is 0 Å². The molecule has 1 aromatic carbocycles. The first-order valence-corrected chi connectivity index (χ1v) is 4.71. The number of hydrogen-bond donors (Lipinski definition) is 1. The van der Waals surface area contributed by atoms with Gasteiger partial charge in [-0.2, -0.15) is 0 Å². The molecule has 0 bridgehead atoms. The molecule has 1 aromatic rings. The second-order valence-corrected chi connectivity index (χ2v) is 3.82.